The molecule has 4 heterocycles. The zero-order valence-electron chi connectivity index (χ0n) is 12.9. The van der Waals surface area contributed by atoms with E-state index in [1.165, 1.54) is 29.9 Å². The van der Waals surface area contributed by atoms with Crippen molar-refractivity contribution >= 4 is 5.65 Å². The van der Waals surface area contributed by atoms with Gasteiger partial charge in [-0.25, -0.2) is 9.97 Å². The Morgan fingerprint density at radius 3 is 3.23 bits per heavy atom. The molecule has 4 rings (SSSR count). The molecule has 1 aliphatic rings. The van der Waals surface area contributed by atoms with Crippen LogP contribution in [-0.2, 0) is 13.1 Å². The van der Waals surface area contributed by atoms with Gasteiger partial charge in [-0.3, -0.25) is 0 Å². The molecule has 3 aromatic heterocycles. The fourth-order valence-electron chi connectivity index (χ4n) is 3.41. The van der Waals surface area contributed by atoms with Crippen molar-refractivity contribution in [3.05, 3.63) is 54.0 Å². The molecule has 0 aliphatic carbocycles. The summed E-state index contributed by atoms with van der Waals surface area (Å²) in [6.45, 7) is 5.01. The van der Waals surface area contributed by atoms with Crippen molar-refractivity contribution < 1.29 is 0 Å². The van der Waals surface area contributed by atoms with Crippen LogP contribution in [0.25, 0.3) is 5.65 Å². The van der Waals surface area contributed by atoms with Gasteiger partial charge in [0.25, 0.3) is 0 Å². The lowest BCUT2D eigenvalue weighted by Gasteiger charge is -2.23. The van der Waals surface area contributed by atoms with Crippen molar-refractivity contribution in [2.24, 2.45) is 0 Å². The van der Waals surface area contributed by atoms with Gasteiger partial charge in [0.05, 0.1) is 11.9 Å². The predicted molar refractivity (Wildman–Crippen MR) is 85.8 cm³/mol. The number of hydrogen-bond acceptors (Lipinski definition) is 3. The van der Waals surface area contributed by atoms with Gasteiger partial charge in [0, 0.05) is 44.1 Å². The Labute approximate surface area is 130 Å². The highest BCUT2D eigenvalue weighted by molar-refractivity contribution is 5.48. The van der Waals surface area contributed by atoms with Crippen LogP contribution >= 0.6 is 0 Å². The van der Waals surface area contributed by atoms with E-state index in [1.54, 1.807) is 0 Å². The van der Waals surface area contributed by atoms with Crippen LogP contribution in [0.5, 0.6) is 0 Å². The Balaban J connectivity index is 1.44. The molecule has 0 radical (unpaired) electrons. The van der Waals surface area contributed by atoms with E-state index in [-0.39, 0.29) is 0 Å². The van der Waals surface area contributed by atoms with E-state index in [9.17, 15) is 0 Å². The molecule has 0 amide bonds. The Morgan fingerprint density at radius 2 is 2.27 bits per heavy atom. The molecule has 1 N–H and O–H groups in total. The molecule has 0 spiro atoms. The van der Waals surface area contributed by atoms with Crippen LogP contribution < -0.4 is 5.32 Å². The first-order chi connectivity index (χ1) is 10.8. The number of aryl methyl sites for hydroxylation is 2. The number of rotatable bonds is 4. The average molecular weight is 295 g/mol. The monoisotopic (exact) mass is 295 g/mol. The summed E-state index contributed by atoms with van der Waals surface area (Å²) >= 11 is 0. The summed E-state index contributed by atoms with van der Waals surface area (Å²) in [7, 11) is 0. The first-order valence-corrected chi connectivity index (χ1v) is 7.96. The highest BCUT2D eigenvalue weighted by Gasteiger charge is 2.20. The molecular formula is C17H21N5. The van der Waals surface area contributed by atoms with Crippen LogP contribution in [-0.4, -0.2) is 25.5 Å². The number of nitrogens with zero attached hydrogens (tertiary/aromatic N) is 4. The van der Waals surface area contributed by atoms with Gasteiger partial charge in [-0.1, -0.05) is 6.07 Å². The summed E-state index contributed by atoms with van der Waals surface area (Å²) in [5.41, 5.74) is 3.47. The van der Waals surface area contributed by atoms with Gasteiger partial charge in [0.2, 0.25) is 0 Å². The number of aromatic nitrogens is 4. The van der Waals surface area contributed by atoms with Crippen LogP contribution in [0.1, 0.15) is 35.8 Å². The number of pyridine rings is 1. The summed E-state index contributed by atoms with van der Waals surface area (Å²) in [5.74, 6) is 1.75. The summed E-state index contributed by atoms with van der Waals surface area (Å²) < 4.78 is 4.46. The van der Waals surface area contributed by atoms with Crippen molar-refractivity contribution in [1.82, 2.24) is 24.3 Å². The maximum Gasteiger partial charge on any atom is 0.139 e. The standard InChI is InChI=1S/C17H21N5/c1-13-4-2-8-22-15(12-20-16(13)22)11-18-10-14-5-3-7-21-9-6-19-17(14)21/h2,4,6,8-9,12,14,18H,3,5,7,10-11H2,1H3/t14-/m1/s1. The minimum atomic E-state index is 0.518. The van der Waals surface area contributed by atoms with Crippen LogP contribution in [0.2, 0.25) is 0 Å². The molecule has 0 fully saturated rings. The number of nitrogens with one attached hydrogen (secondary N) is 1. The third-order valence-electron chi connectivity index (χ3n) is 4.57. The van der Waals surface area contributed by atoms with E-state index in [0.717, 1.165) is 25.3 Å². The topological polar surface area (TPSA) is 47.1 Å². The van der Waals surface area contributed by atoms with Crippen LogP contribution in [0.4, 0.5) is 0 Å². The fourth-order valence-corrected chi connectivity index (χ4v) is 3.41. The Kier molecular flexibility index (Phi) is 3.42. The molecule has 0 aromatic carbocycles. The van der Waals surface area contributed by atoms with E-state index in [4.69, 9.17) is 0 Å². The molecule has 5 heteroatoms. The van der Waals surface area contributed by atoms with Gasteiger partial charge in [-0.2, -0.15) is 0 Å². The second kappa shape index (κ2) is 5.57. The van der Waals surface area contributed by atoms with E-state index in [0.29, 0.717) is 5.92 Å². The van der Waals surface area contributed by atoms with Crippen molar-refractivity contribution in [3.8, 4) is 0 Å². The Morgan fingerprint density at radius 1 is 1.32 bits per heavy atom. The lowest BCUT2D eigenvalue weighted by molar-refractivity contribution is 0.422. The van der Waals surface area contributed by atoms with E-state index < -0.39 is 0 Å². The third kappa shape index (κ3) is 2.31. The van der Waals surface area contributed by atoms with Crippen molar-refractivity contribution in [1.29, 1.82) is 0 Å². The average Bonchev–Trinajstić information content (AvgIpc) is 3.15. The molecule has 3 aromatic rings. The normalized spacial score (nSPS) is 17.8. The second-order valence-corrected chi connectivity index (χ2v) is 6.08. The molecule has 0 saturated carbocycles. The zero-order valence-corrected chi connectivity index (χ0v) is 12.9. The molecule has 0 bridgehead atoms. The minimum absolute atomic E-state index is 0.518. The van der Waals surface area contributed by atoms with E-state index in [1.807, 2.05) is 12.4 Å². The maximum absolute atomic E-state index is 4.52. The van der Waals surface area contributed by atoms with Crippen LogP contribution in [0.15, 0.2) is 36.9 Å². The van der Waals surface area contributed by atoms with Crippen molar-refractivity contribution in [2.45, 2.75) is 38.8 Å². The summed E-state index contributed by atoms with van der Waals surface area (Å²) in [6, 6.07) is 4.17. The Hall–Kier alpha value is -2.14. The molecule has 0 saturated heterocycles. The second-order valence-electron chi connectivity index (χ2n) is 6.08. The smallest absolute Gasteiger partial charge is 0.139 e. The number of hydrogen-bond donors (Lipinski definition) is 1. The van der Waals surface area contributed by atoms with Gasteiger partial charge in [0.15, 0.2) is 0 Å². The first kappa shape index (κ1) is 13.5. The third-order valence-corrected chi connectivity index (χ3v) is 4.57. The first-order valence-electron chi connectivity index (χ1n) is 7.96. The molecule has 114 valence electrons. The van der Waals surface area contributed by atoms with Crippen molar-refractivity contribution in [3.63, 3.8) is 0 Å². The lowest BCUT2D eigenvalue weighted by atomic mass is 9.99. The van der Waals surface area contributed by atoms with E-state index in [2.05, 4.69) is 55.7 Å². The molecule has 0 unspecified atom stereocenters. The highest BCUT2D eigenvalue weighted by Crippen LogP contribution is 2.24. The minimum Gasteiger partial charge on any atom is -0.335 e. The fraction of sp³-hybridized carbons (Fsp3) is 0.412. The van der Waals surface area contributed by atoms with Crippen molar-refractivity contribution in [2.75, 3.05) is 6.54 Å². The molecular weight excluding hydrogens is 274 g/mol. The largest absolute Gasteiger partial charge is 0.335 e. The molecule has 22 heavy (non-hydrogen) atoms. The lowest BCUT2D eigenvalue weighted by Crippen LogP contribution is -2.26. The molecule has 5 nitrogen and oxygen atoms in total. The Bertz CT molecular complexity index is 785. The quantitative estimate of drug-likeness (QED) is 0.804. The van der Waals surface area contributed by atoms with Gasteiger partial charge in [-0.05, 0) is 31.4 Å². The molecule has 1 atom stereocenters. The van der Waals surface area contributed by atoms with Crippen LogP contribution in [0.3, 0.4) is 0 Å². The van der Waals surface area contributed by atoms with E-state index >= 15 is 0 Å². The van der Waals surface area contributed by atoms with Crippen LogP contribution in [0, 0.1) is 6.92 Å². The van der Waals surface area contributed by atoms with Gasteiger partial charge in [-0.15, -0.1) is 0 Å². The van der Waals surface area contributed by atoms with Gasteiger partial charge >= 0.3 is 0 Å². The highest BCUT2D eigenvalue weighted by atomic mass is 15.1. The summed E-state index contributed by atoms with van der Waals surface area (Å²) in [6.07, 6.45) is 10.5. The maximum atomic E-state index is 4.52. The number of fused-ring (bicyclic) bond motifs is 2. The molecule has 1 aliphatic heterocycles. The van der Waals surface area contributed by atoms with Gasteiger partial charge in [0.1, 0.15) is 11.5 Å². The SMILES string of the molecule is Cc1cccn2c(CNC[C@H]3CCCn4ccnc43)cnc12. The van der Waals surface area contributed by atoms with Gasteiger partial charge < -0.3 is 14.3 Å². The predicted octanol–water partition coefficient (Wildman–Crippen LogP) is 2.51. The zero-order chi connectivity index (χ0) is 14.9. The summed E-state index contributed by atoms with van der Waals surface area (Å²) in [5, 5.41) is 3.59. The number of imidazole rings is 2. The summed E-state index contributed by atoms with van der Waals surface area (Å²) in [4.78, 5) is 9.04.